The van der Waals surface area contributed by atoms with Gasteiger partial charge in [-0.25, -0.2) is 0 Å². The van der Waals surface area contributed by atoms with Crippen LogP contribution in [0.3, 0.4) is 0 Å². The summed E-state index contributed by atoms with van der Waals surface area (Å²) < 4.78 is 0. The zero-order valence-electron chi connectivity index (χ0n) is 34.3. The highest BCUT2D eigenvalue weighted by Gasteiger charge is 2.62. The summed E-state index contributed by atoms with van der Waals surface area (Å²) in [5.41, 5.74) is 9.48. The molecule has 280 valence electrons. The predicted molar refractivity (Wildman–Crippen MR) is 227 cm³/mol. The average molecular weight is 705 g/mol. The molecule has 0 bridgehead atoms. The van der Waals surface area contributed by atoms with Crippen molar-refractivity contribution in [3.05, 3.63) is 120 Å². The quantitative estimate of drug-likeness (QED) is 0.187. The highest BCUT2D eigenvalue weighted by molar-refractivity contribution is 5.64. The van der Waals surface area contributed by atoms with E-state index in [0.29, 0.717) is 29.1 Å². The Morgan fingerprint density at radius 1 is 0.396 bits per heavy atom. The van der Waals surface area contributed by atoms with Gasteiger partial charge in [-0.2, -0.15) is 0 Å². The summed E-state index contributed by atoms with van der Waals surface area (Å²) in [5.74, 6) is 7.68. The van der Waals surface area contributed by atoms with Crippen molar-refractivity contribution in [3.8, 4) is 22.3 Å². The largest absolute Gasteiger partial charge is 0.0622 e. The Hall–Kier alpha value is -3.12. The maximum absolute atomic E-state index is 2.76. The molecule has 4 aromatic carbocycles. The Morgan fingerprint density at radius 3 is 1.11 bits per heavy atom. The van der Waals surface area contributed by atoms with Gasteiger partial charge in [0.25, 0.3) is 0 Å². The van der Waals surface area contributed by atoms with Crippen molar-refractivity contribution in [2.24, 2.45) is 63.6 Å². The van der Waals surface area contributed by atoms with Gasteiger partial charge < -0.3 is 0 Å². The molecule has 0 radical (unpaired) electrons. The average Bonchev–Trinajstić information content (AvgIpc) is 3.82. The van der Waals surface area contributed by atoms with Crippen LogP contribution in [0.1, 0.15) is 130 Å². The van der Waals surface area contributed by atoms with Crippen LogP contribution in [-0.2, 0) is 0 Å². The summed E-state index contributed by atoms with van der Waals surface area (Å²) >= 11 is 0. The zero-order chi connectivity index (χ0) is 37.1. The molecule has 8 unspecified atom stereocenters. The van der Waals surface area contributed by atoms with E-state index < -0.39 is 0 Å². The van der Waals surface area contributed by atoms with Crippen molar-refractivity contribution in [1.29, 1.82) is 0 Å². The minimum Gasteiger partial charge on any atom is -0.0622 e. The molecule has 53 heavy (non-hydrogen) atoms. The van der Waals surface area contributed by atoms with Gasteiger partial charge in [-0.15, -0.1) is 0 Å². The summed E-state index contributed by atoms with van der Waals surface area (Å²) in [4.78, 5) is 0. The molecule has 0 amide bonds. The van der Waals surface area contributed by atoms with Crippen LogP contribution in [0.15, 0.2) is 109 Å². The van der Waals surface area contributed by atoms with Crippen LogP contribution in [0.25, 0.3) is 22.3 Å². The van der Waals surface area contributed by atoms with Gasteiger partial charge in [0.15, 0.2) is 0 Å². The van der Waals surface area contributed by atoms with Crippen LogP contribution in [0.4, 0.5) is 0 Å². The second-order valence-electron chi connectivity index (χ2n) is 21.1. The Balaban J connectivity index is 1.17. The number of hydrogen-bond donors (Lipinski definition) is 0. The Bertz CT molecular complexity index is 1670. The molecule has 8 rings (SSSR count). The molecule has 0 heterocycles. The van der Waals surface area contributed by atoms with Crippen molar-refractivity contribution < 1.29 is 0 Å². The normalized spacial score (nSPS) is 30.9. The van der Waals surface area contributed by atoms with Crippen molar-refractivity contribution in [2.45, 2.75) is 119 Å². The van der Waals surface area contributed by atoms with E-state index in [0.717, 1.165) is 35.5 Å². The second kappa shape index (κ2) is 14.2. The predicted octanol–water partition coefficient (Wildman–Crippen LogP) is 15.1. The number of rotatable bonds is 6. The number of hydrogen-bond acceptors (Lipinski definition) is 0. The molecule has 4 aromatic rings. The molecule has 0 nitrogen and oxygen atoms in total. The molecule has 4 aliphatic carbocycles. The van der Waals surface area contributed by atoms with Crippen LogP contribution in [-0.4, -0.2) is 0 Å². The van der Waals surface area contributed by atoms with Gasteiger partial charge in [0.1, 0.15) is 0 Å². The summed E-state index contributed by atoms with van der Waals surface area (Å²) in [6, 6.07) is 41.7. The first-order valence-corrected chi connectivity index (χ1v) is 21.6. The minimum atomic E-state index is 0.281. The van der Waals surface area contributed by atoms with E-state index >= 15 is 0 Å². The lowest BCUT2D eigenvalue weighted by Crippen LogP contribution is -2.43. The first kappa shape index (κ1) is 36.8. The maximum Gasteiger partial charge on any atom is -0.0126 e. The monoisotopic (exact) mass is 705 g/mol. The Labute approximate surface area is 323 Å². The van der Waals surface area contributed by atoms with Crippen LogP contribution < -0.4 is 0 Å². The van der Waals surface area contributed by atoms with E-state index in [9.17, 15) is 0 Å². The van der Waals surface area contributed by atoms with E-state index in [2.05, 4.69) is 165 Å². The highest BCUT2D eigenvalue weighted by atomic mass is 14.7. The molecule has 4 fully saturated rings. The third-order valence-electron chi connectivity index (χ3n) is 16.0. The standard InChI is InChI=1S/C53H68/c1-51(2,3)48-33-44-45-34-49(52(4,5)6)43(40-29-25-38(26-30-40)36-19-13-10-14-20-36)32-47(45)50(53(7,8)41-21-15-16-22-41)46(44)31-42(48)39-27-23-37(24-28-39)35-17-11-9-12-18-35/h9-14,17-20,23-30,41-50H,15-16,21-22,31-34H2,1-8H3. The lowest BCUT2D eigenvalue weighted by Gasteiger charge is -2.50. The summed E-state index contributed by atoms with van der Waals surface area (Å²) in [6.07, 6.45) is 11.3. The van der Waals surface area contributed by atoms with Gasteiger partial charge in [-0.1, -0.05) is 177 Å². The van der Waals surface area contributed by atoms with Gasteiger partial charge in [0, 0.05) is 0 Å². The van der Waals surface area contributed by atoms with Crippen LogP contribution in [0.5, 0.6) is 0 Å². The summed E-state index contributed by atoms with van der Waals surface area (Å²) in [7, 11) is 0. The Morgan fingerprint density at radius 2 is 0.755 bits per heavy atom. The van der Waals surface area contributed by atoms with Crippen molar-refractivity contribution >= 4 is 0 Å². The van der Waals surface area contributed by atoms with Crippen molar-refractivity contribution in [1.82, 2.24) is 0 Å². The van der Waals surface area contributed by atoms with E-state index in [1.807, 2.05) is 0 Å². The van der Waals surface area contributed by atoms with Crippen molar-refractivity contribution in [2.75, 3.05) is 0 Å². The molecule has 0 aliphatic heterocycles. The van der Waals surface area contributed by atoms with Crippen molar-refractivity contribution in [3.63, 3.8) is 0 Å². The van der Waals surface area contributed by atoms with Gasteiger partial charge in [-0.3, -0.25) is 0 Å². The third kappa shape index (κ3) is 7.00. The molecule has 0 aromatic heterocycles. The molecule has 4 saturated carbocycles. The van der Waals surface area contributed by atoms with E-state index in [-0.39, 0.29) is 10.8 Å². The Kier molecular flexibility index (Phi) is 9.86. The topological polar surface area (TPSA) is 0 Å². The number of fused-ring (bicyclic) bond motifs is 3. The molecular weight excluding hydrogens is 637 g/mol. The summed E-state index contributed by atoms with van der Waals surface area (Å²) in [6.45, 7) is 20.9. The van der Waals surface area contributed by atoms with E-state index in [1.165, 1.54) is 73.6 Å². The number of benzene rings is 4. The molecule has 0 saturated heterocycles. The van der Waals surface area contributed by atoms with Crippen LogP contribution >= 0.6 is 0 Å². The third-order valence-corrected chi connectivity index (χ3v) is 16.0. The molecular formula is C53H68. The molecule has 4 aliphatic rings. The smallest absolute Gasteiger partial charge is 0.0126 e. The van der Waals surface area contributed by atoms with Crippen LogP contribution in [0, 0.1) is 63.6 Å². The second-order valence-corrected chi connectivity index (χ2v) is 21.1. The van der Waals surface area contributed by atoms with E-state index in [4.69, 9.17) is 0 Å². The fraction of sp³-hybridized carbons (Fsp3) is 0.547. The van der Waals surface area contributed by atoms with E-state index in [1.54, 1.807) is 11.1 Å². The highest BCUT2D eigenvalue weighted by Crippen LogP contribution is 2.70. The minimum absolute atomic E-state index is 0.281. The van der Waals surface area contributed by atoms with Crippen LogP contribution in [0.2, 0.25) is 0 Å². The first-order valence-electron chi connectivity index (χ1n) is 21.6. The summed E-state index contributed by atoms with van der Waals surface area (Å²) in [5, 5.41) is 0. The SMILES string of the molecule is CC(C)(C)C1CC2C3CC(C(C)(C)C)C(c4ccc(-c5ccccc5)cc4)CC3C(C(C)(C)C3CCCC3)C2CC1c1ccc(-c2ccccc2)cc1. The van der Waals surface area contributed by atoms with Gasteiger partial charge in [0.2, 0.25) is 0 Å². The lowest BCUT2D eigenvalue weighted by molar-refractivity contribution is 0.00388. The lowest BCUT2D eigenvalue weighted by atomic mass is 9.54. The fourth-order valence-electron chi connectivity index (χ4n) is 13.5. The molecule has 8 atom stereocenters. The maximum atomic E-state index is 2.76. The van der Waals surface area contributed by atoms with Gasteiger partial charge >= 0.3 is 0 Å². The van der Waals surface area contributed by atoms with Gasteiger partial charge in [0.05, 0.1) is 0 Å². The molecule has 0 heteroatoms. The fourth-order valence-corrected chi connectivity index (χ4v) is 13.5. The van der Waals surface area contributed by atoms with Gasteiger partial charge in [-0.05, 0) is 147 Å². The first-order chi connectivity index (χ1) is 25.3. The molecule has 0 N–H and O–H groups in total. The zero-order valence-corrected chi connectivity index (χ0v) is 34.3. The molecule has 0 spiro atoms.